The highest BCUT2D eigenvalue weighted by Gasteiger charge is 2.21. The highest BCUT2D eigenvalue weighted by Crippen LogP contribution is 2.25. The van der Waals surface area contributed by atoms with Crippen molar-refractivity contribution in [3.8, 4) is 0 Å². The van der Waals surface area contributed by atoms with Crippen molar-refractivity contribution in [2.45, 2.75) is 17.9 Å². The van der Waals surface area contributed by atoms with Crippen LogP contribution < -0.4 is 10.0 Å². The average Bonchev–Trinajstić information content (AvgIpc) is 2.55. The summed E-state index contributed by atoms with van der Waals surface area (Å²) in [6, 6.07) is 12.3. The van der Waals surface area contributed by atoms with Crippen molar-refractivity contribution in [3.05, 3.63) is 59.1 Å². The number of hydrogen-bond acceptors (Lipinski definition) is 4. The van der Waals surface area contributed by atoms with Gasteiger partial charge in [0.05, 0.1) is 11.6 Å². The maximum atomic E-state index is 12.6. The first-order valence-electron chi connectivity index (χ1n) is 7.50. The van der Waals surface area contributed by atoms with Crippen LogP contribution in [0.3, 0.4) is 0 Å². The van der Waals surface area contributed by atoms with Gasteiger partial charge in [-0.05, 0) is 37.3 Å². The molecule has 1 amide bonds. The van der Waals surface area contributed by atoms with Crippen LogP contribution in [0.4, 0.5) is 5.69 Å². The Hall–Kier alpha value is -2.09. The lowest BCUT2D eigenvalue weighted by Crippen LogP contribution is -2.35. The SMILES string of the molecule is COC[C@@H](C)NC(=O)c1ccc(Cl)c(S(=O)(=O)Nc2ccccc2)c1. The van der Waals surface area contributed by atoms with E-state index in [1.807, 2.05) is 0 Å². The minimum Gasteiger partial charge on any atom is -0.383 e. The summed E-state index contributed by atoms with van der Waals surface area (Å²) in [6.07, 6.45) is 0. The standard InChI is InChI=1S/C17H19ClN2O4S/c1-12(11-24-2)19-17(21)13-8-9-15(18)16(10-13)25(22,23)20-14-6-4-3-5-7-14/h3-10,12,20H,11H2,1-2H3,(H,19,21)/t12-/m1/s1. The van der Waals surface area contributed by atoms with E-state index < -0.39 is 15.9 Å². The molecule has 0 radical (unpaired) electrons. The molecule has 0 aromatic heterocycles. The second kappa shape index (κ2) is 8.33. The molecule has 0 heterocycles. The topological polar surface area (TPSA) is 84.5 Å². The molecule has 0 bridgehead atoms. The Bertz CT molecular complexity index is 841. The molecule has 0 aliphatic rings. The fourth-order valence-corrected chi connectivity index (χ4v) is 3.75. The molecule has 2 rings (SSSR count). The third kappa shape index (κ3) is 5.19. The normalized spacial score (nSPS) is 12.4. The zero-order chi connectivity index (χ0) is 18.4. The Morgan fingerprint density at radius 1 is 1.20 bits per heavy atom. The molecule has 0 spiro atoms. The monoisotopic (exact) mass is 382 g/mol. The third-order valence-electron chi connectivity index (χ3n) is 3.30. The minimum atomic E-state index is -3.93. The molecule has 0 saturated heterocycles. The van der Waals surface area contributed by atoms with E-state index in [1.54, 1.807) is 37.3 Å². The fourth-order valence-electron chi connectivity index (χ4n) is 2.17. The van der Waals surface area contributed by atoms with Crippen molar-refractivity contribution in [1.29, 1.82) is 0 Å². The molecule has 0 unspecified atom stereocenters. The van der Waals surface area contributed by atoms with Gasteiger partial charge in [0, 0.05) is 24.4 Å². The van der Waals surface area contributed by atoms with Gasteiger partial charge in [0.2, 0.25) is 0 Å². The number of hydrogen-bond donors (Lipinski definition) is 2. The van der Waals surface area contributed by atoms with Gasteiger partial charge < -0.3 is 10.1 Å². The summed E-state index contributed by atoms with van der Waals surface area (Å²) in [6.45, 7) is 2.13. The van der Waals surface area contributed by atoms with Gasteiger partial charge in [-0.3, -0.25) is 9.52 Å². The quantitative estimate of drug-likeness (QED) is 0.771. The maximum absolute atomic E-state index is 12.6. The Morgan fingerprint density at radius 3 is 2.52 bits per heavy atom. The second-order valence-corrected chi connectivity index (χ2v) is 7.50. The van der Waals surface area contributed by atoms with Crippen LogP contribution in [0.1, 0.15) is 17.3 Å². The summed E-state index contributed by atoms with van der Waals surface area (Å²) in [5.41, 5.74) is 0.600. The largest absolute Gasteiger partial charge is 0.383 e. The summed E-state index contributed by atoms with van der Waals surface area (Å²) < 4.78 is 32.6. The molecule has 0 fully saturated rings. The highest BCUT2D eigenvalue weighted by atomic mass is 35.5. The first-order valence-corrected chi connectivity index (χ1v) is 9.37. The average molecular weight is 383 g/mol. The van der Waals surface area contributed by atoms with E-state index in [4.69, 9.17) is 16.3 Å². The van der Waals surface area contributed by atoms with E-state index in [-0.39, 0.29) is 21.5 Å². The van der Waals surface area contributed by atoms with Crippen LogP contribution in [0.2, 0.25) is 5.02 Å². The van der Waals surface area contributed by atoms with Crippen molar-refractivity contribution >= 4 is 33.2 Å². The van der Waals surface area contributed by atoms with Gasteiger partial charge in [0.15, 0.2) is 0 Å². The smallest absolute Gasteiger partial charge is 0.263 e. The van der Waals surface area contributed by atoms with Crippen molar-refractivity contribution in [1.82, 2.24) is 5.32 Å². The molecule has 134 valence electrons. The van der Waals surface area contributed by atoms with Crippen molar-refractivity contribution in [3.63, 3.8) is 0 Å². The van der Waals surface area contributed by atoms with Crippen molar-refractivity contribution in [2.75, 3.05) is 18.4 Å². The second-order valence-electron chi connectivity index (χ2n) is 5.45. The van der Waals surface area contributed by atoms with Gasteiger partial charge in [-0.25, -0.2) is 8.42 Å². The van der Waals surface area contributed by atoms with Crippen molar-refractivity contribution < 1.29 is 17.9 Å². The molecule has 25 heavy (non-hydrogen) atoms. The van der Waals surface area contributed by atoms with E-state index in [0.717, 1.165) is 0 Å². The number of halogens is 1. The molecule has 0 aliphatic carbocycles. The zero-order valence-electron chi connectivity index (χ0n) is 13.8. The number of ether oxygens (including phenoxy) is 1. The molecule has 1 atom stereocenters. The number of carbonyl (C=O) groups is 1. The van der Waals surface area contributed by atoms with Gasteiger partial charge in [0.25, 0.3) is 15.9 Å². The predicted molar refractivity (Wildman–Crippen MR) is 97.5 cm³/mol. The Kier molecular flexibility index (Phi) is 6.41. The number of nitrogens with one attached hydrogen (secondary N) is 2. The van der Waals surface area contributed by atoms with Crippen LogP contribution in [0.5, 0.6) is 0 Å². The molecule has 2 aromatic rings. The van der Waals surface area contributed by atoms with Gasteiger partial charge in [-0.15, -0.1) is 0 Å². The lowest BCUT2D eigenvalue weighted by molar-refractivity contribution is 0.0905. The number of amides is 1. The molecule has 0 aliphatic heterocycles. The fraction of sp³-hybridized carbons (Fsp3) is 0.235. The summed E-state index contributed by atoms with van der Waals surface area (Å²) in [5.74, 6) is -0.405. The summed E-state index contributed by atoms with van der Waals surface area (Å²) in [5, 5.41) is 2.76. The molecule has 0 saturated carbocycles. The minimum absolute atomic E-state index is 0.0323. The predicted octanol–water partition coefficient (Wildman–Crippen LogP) is 2.91. The molecule has 2 aromatic carbocycles. The number of sulfonamides is 1. The van der Waals surface area contributed by atoms with Crippen molar-refractivity contribution in [2.24, 2.45) is 0 Å². The number of methoxy groups -OCH3 is 1. The molecule has 2 N–H and O–H groups in total. The number of rotatable bonds is 7. The first-order chi connectivity index (χ1) is 11.8. The number of benzene rings is 2. The molecular weight excluding hydrogens is 364 g/mol. The third-order valence-corrected chi connectivity index (χ3v) is 5.17. The van der Waals surface area contributed by atoms with Crippen LogP contribution >= 0.6 is 11.6 Å². The van der Waals surface area contributed by atoms with E-state index in [0.29, 0.717) is 12.3 Å². The lowest BCUT2D eigenvalue weighted by atomic mass is 10.2. The lowest BCUT2D eigenvalue weighted by Gasteiger charge is -2.14. The zero-order valence-corrected chi connectivity index (χ0v) is 15.4. The summed E-state index contributed by atoms with van der Waals surface area (Å²) in [7, 11) is -2.39. The van der Waals surface area contributed by atoms with Gasteiger partial charge in [0.1, 0.15) is 4.90 Å². The van der Waals surface area contributed by atoms with Gasteiger partial charge >= 0.3 is 0 Å². The number of carbonyl (C=O) groups excluding carboxylic acids is 1. The summed E-state index contributed by atoms with van der Waals surface area (Å²) in [4.78, 5) is 12.1. The van der Waals surface area contributed by atoms with Gasteiger partial charge in [-0.1, -0.05) is 29.8 Å². The van der Waals surface area contributed by atoms with Crippen LogP contribution in [-0.4, -0.2) is 34.1 Å². The Balaban J connectivity index is 2.27. The molecule has 6 nitrogen and oxygen atoms in total. The molecular formula is C17H19ClN2O4S. The van der Waals surface area contributed by atoms with E-state index in [2.05, 4.69) is 10.0 Å². The Labute approximate surface area is 152 Å². The van der Waals surface area contributed by atoms with Crippen LogP contribution in [0, 0.1) is 0 Å². The number of para-hydroxylation sites is 1. The highest BCUT2D eigenvalue weighted by molar-refractivity contribution is 7.92. The van der Waals surface area contributed by atoms with E-state index >= 15 is 0 Å². The van der Waals surface area contributed by atoms with Crippen LogP contribution in [0.25, 0.3) is 0 Å². The number of anilines is 1. The summed E-state index contributed by atoms with van der Waals surface area (Å²) >= 11 is 6.04. The first kappa shape index (κ1) is 19.2. The van der Waals surface area contributed by atoms with Crippen LogP contribution in [0.15, 0.2) is 53.4 Å². The van der Waals surface area contributed by atoms with E-state index in [1.165, 1.54) is 25.3 Å². The Morgan fingerprint density at radius 2 is 1.88 bits per heavy atom. The molecule has 8 heteroatoms. The van der Waals surface area contributed by atoms with Crippen LogP contribution in [-0.2, 0) is 14.8 Å². The van der Waals surface area contributed by atoms with Gasteiger partial charge in [-0.2, -0.15) is 0 Å². The van der Waals surface area contributed by atoms with E-state index in [9.17, 15) is 13.2 Å². The maximum Gasteiger partial charge on any atom is 0.263 e.